The van der Waals surface area contributed by atoms with Crippen LogP contribution in [0, 0.1) is 0 Å². The molecule has 1 aromatic rings. The van der Waals surface area contributed by atoms with Gasteiger partial charge in [-0.2, -0.15) is 0 Å². The normalized spacial score (nSPS) is 25.1. The SMILES string of the molecule is F[C@H]1CCCN(c2cc(Cl)nc(C3CC3)n2)C1. The first-order valence-corrected chi connectivity index (χ1v) is 6.53. The molecule has 0 spiro atoms. The lowest BCUT2D eigenvalue weighted by molar-refractivity contribution is 0.286. The van der Waals surface area contributed by atoms with Gasteiger partial charge in [0.05, 0.1) is 6.54 Å². The third kappa shape index (κ3) is 2.51. The molecule has 1 saturated heterocycles. The van der Waals surface area contributed by atoms with Gasteiger partial charge < -0.3 is 4.90 Å². The van der Waals surface area contributed by atoms with Gasteiger partial charge in [0.25, 0.3) is 0 Å². The second-order valence-electron chi connectivity index (χ2n) is 4.87. The highest BCUT2D eigenvalue weighted by molar-refractivity contribution is 6.29. The maximum absolute atomic E-state index is 13.4. The topological polar surface area (TPSA) is 29.0 Å². The van der Waals surface area contributed by atoms with E-state index in [9.17, 15) is 4.39 Å². The molecule has 1 aromatic heterocycles. The molecular weight excluding hydrogens is 241 g/mol. The molecule has 3 rings (SSSR count). The quantitative estimate of drug-likeness (QED) is 0.761. The first kappa shape index (κ1) is 11.2. The van der Waals surface area contributed by atoms with Gasteiger partial charge in [0.2, 0.25) is 0 Å². The van der Waals surface area contributed by atoms with Crippen LogP contribution in [-0.2, 0) is 0 Å². The van der Waals surface area contributed by atoms with E-state index in [2.05, 4.69) is 9.97 Å². The van der Waals surface area contributed by atoms with Crippen molar-refractivity contribution in [2.24, 2.45) is 0 Å². The van der Waals surface area contributed by atoms with Gasteiger partial charge in [-0.3, -0.25) is 0 Å². The summed E-state index contributed by atoms with van der Waals surface area (Å²) in [5.41, 5.74) is 0. The van der Waals surface area contributed by atoms with Gasteiger partial charge in [-0.1, -0.05) is 11.6 Å². The molecule has 0 aromatic carbocycles. The van der Waals surface area contributed by atoms with Crippen LogP contribution >= 0.6 is 11.6 Å². The molecule has 3 nitrogen and oxygen atoms in total. The lowest BCUT2D eigenvalue weighted by atomic mass is 10.1. The fourth-order valence-corrected chi connectivity index (χ4v) is 2.43. The van der Waals surface area contributed by atoms with Crippen molar-refractivity contribution < 1.29 is 4.39 Å². The zero-order valence-electron chi connectivity index (χ0n) is 9.57. The van der Waals surface area contributed by atoms with Crippen molar-refractivity contribution in [3.8, 4) is 0 Å². The molecule has 1 aliphatic carbocycles. The molecule has 2 fully saturated rings. The lowest BCUT2D eigenvalue weighted by Crippen LogP contribution is -2.37. The number of hydrogen-bond acceptors (Lipinski definition) is 3. The van der Waals surface area contributed by atoms with Crippen molar-refractivity contribution in [3.63, 3.8) is 0 Å². The van der Waals surface area contributed by atoms with Gasteiger partial charge >= 0.3 is 0 Å². The Bertz CT molecular complexity index is 422. The molecule has 0 amide bonds. The van der Waals surface area contributed by atoms with Crippen LogP contribution in [0.2, 0.25) is 5.15 Å². The monoisotopic (exact) mass is 255 g/mol. The summed E-state index contributed by atoms with van der Waals surface area (Å²) in [7, 11) is 0. The molecule has 0 N–H and O–H groups in total. The second kappa shape index (κ2) is 4.41. The molecule has 0 bridgehead atoms. The van der Waals surface area contributed by atoms with E-state index < -0.39 is 6.17 Å². The molecule has 1 atom stereocenters. The zero-order valence-corrected chi connectivity index (χ0v) is 10.3. The Hall–Kier alpha value is -0.900. The van der Waals surface area contributed by atoms with E-state index in [4.69, 9.17) is 11.6 Å². The highest BCUT2D eigenvalue weighted by atomic mass is 35.5. The van der Waals surface area contributed by atoms with Crippen molar-refractivity contribution >= 4 is 17.4 Å². The maximum atomic E-state index is 13.4. The summed E-state index contributed by atoms with van der Waals surface area (Å²) in [6.07, 6.45) is 3.07. The number of rotatable bonds is 2. The number of alkyl halides is 1. The number of piperidine rings is 1. The number of halogens is 2. The van der Waals surface area contributed by atoms with Crippen LogP contribution in [-0.4, -0.2) is 29.2 Å². The summed E-state index contributed by atoms with van der Waals surface area (Å²) in [5.74, 6) is 2.08. The summed E-state index contributed by atoms with van der Waals surface area (Å²) < 4.78 is 13.4. The third-order valence-corrected chi connectivity index (χ3v) is 3.52. The first-order valence-electron chi connectivity index (χ1n) is 6.16. The van der Waals surface area contributed by atoms with Crippen LogP contribution in [0.5, 0.6) is 0 Å². The number of anilines is 1. The van der Waals surface area contributed by atoms with Crippen LogP contribution in [0.1, 0.15) is 37.4 Å². The summed E-state index contributed by atoms with van der Waals surface area (Å²) >= 11 is 6.01. The van der Waals surface area contributed by atoms with Crippen LogP contribution < -0.4 is 4.90 Å². The molecule has 0 radical (unpaired) electrons. The highest BCUT2D eigenvalue weighted by Gasteiger charge is 2.28. The predicted molar refractivity (Wildman–Crippen MR) is 65.4 cm³/mol. The lowest BCUT2D eigenvalue weighted by Gasteiger charge is -2.30. The Morgan fingerprint density at radius 1 is 1.29 bits per heavy atom. The highest BCUT2D eigenvalue weighted by Crippen LogP contribution is 2.39. The fourth-order valence-electron chi connectivity index (χ4n) is 2.24. The molecule has 17 heavy (non-hydrogen) atoms. The summed E-state index contributed by atoms with van der Waals surface area (Å²) in [6, 6.07) is 1.74. The van der Waals surface area contributed by atoms with Crippen molar-refractivity contribution in [3.05, 3.63) is 17.0 Å². The van der Waals surface area contributed by atoms with E-state index in [0.717, 1.165) is 37.4 Å². The Kier molecular flexibility index (Phi) is 2.90. The molecule has 5 heteroatoms. The molecule has 1 saturated carbocycles. The van der Waals surface area contributed by atoms with Crippen LogP contribution in [0.4, 0.5) is 10.2 Å². The first-order chi connectivity index (χ1) is 8.22. The van der Waals surface area contributed by atoms with Crippen LogP contribution in [0.15, 0.2) is 6.07 Å². The van der Waals surface area contributed by atoms with E-state index >= 15 is 0 Å². The standard InChI is InChI=1S/C12H15ClFN3/c13-10-6-11(16-12(15-10)8-3-4-8)17-5-1-2-9(14)7-17/h6,8-9H,1-5,7H2/t9-/m0/s1. The smallest absolute Gasteiger partial charge is 0.135 e. The second-order valence-corrected chi connectivity index (χ2v) is 5.25. The number of aromatic nitrogens is 2. The van der Waals surface area contributed by atoms with Crippen molar-refractivity contribution in [1.82, 2.24) is 9.97 Å². The molecule has 0 unspecified atom stereocenters. The third-order valence-electron chi connectivity index (χ3n) is 3.33. The summed E-state index contributed by atoms with van der Waals surface area (Å²) in [6.45, 7) is 1.29. The van der Waals surface area contributed by atoms with E-state index in [-0.39, 0.29) is 0 Å². The van der Waals surface area contributed by atoms with Gasteiger partial charge in [0.15, 0.2) is 0 Å². The van der Waals surface area contributed by atoms with Gasteiger partial charge in [-0.15, -0.1) is 0 Å². The minimum Gasteiger partial charge on any atom is -0.354 e. The van der Waals surface area contributed by atoms with Crippen molar-refractivity contribution in [2.45, 2.75) is 37.8 Å². The van der Waals surface area contributed by atoms with Crippen LogP contribution in [0.25, 0.3) is 0 Å². The van der Waals surface area contributed by atoms with Crippen molar-refractivity contribution in [1.29, 1.82) is 0 Å². The maximum Gasteiger partial charge on any atom is 0.135 e. The van der Waals surface area contributed by atoms with Gasteiger partial charge in [-0.25, -0.2) is 14.4 Å². The summed E-state index contributed by atoms with van der Waals surface area (Å²) in [5, 5.41) is 0.470. The van der Waals surface area contributed by atoms with Crippen LogP contribution in [0.3, 0.4) is 0 Å². The number of nitrogens with zero attached hydrogens (tertiary/aromatic N) is 3. The Balaban J connectivity index is 1.85. The van der Waals surface area contributed by atoms with E-state index in [1.54, 1.807) is 6.07 Å². The number of hydrogen-bond donors (Lipinski definition) is 0. The molecule has 92 valence electrons. The van der Waals surface area contributed by atoms with E-state index in [0.29, 0.717) is 24.0 Å². The van der Waals surface area contributed by atoms with Gasteiger partial charge in [0, 0.05) is 18.5 Å². The van der Waals surface area contributed by atoms with Gasteiger partial charge in [-0.05, 0) is 25.7 Å². The average molecular weight is 256 g/mol. The largest absolute Gasteiger partial charge is 0.354 e. The summed E-state index contributed by atoms with van der Waals surface area (Å²) in [4.78, 5) is 10.7. The Morgan fingerprint density at radius 3 is 2.82 bits per heavy atom. The van der Waals surface area contributed by atoms with E-state index in [1.165, 1.54) is 0 Å². The molecule has 2 heterocycles. The minimum absolute atomic E-state index is 0.428. The Labute approximate surface area is 105 Å². The fraction of sp³-hybridized carbons (Fsp3) is 0.667. The van der Waals surface area contributed by atoms with Crippen molar-refractivity contribution in [2.75, 3.05) is 18.0 Å². The minimum atomic E-state index is -0.748. The van der Waals surface area contributed by atoms with E-state index in [1.807, 2.05) is 4.90 Å². The predicted octanol–water partition coefficient (Wildman–Crippen LogP) is 2.95. The Morgan fingerprint density at radius 2 is 2.12 bits per heavy atom. The molecule has 2 aliphatic rings. The molecular formula is C12H15ClFN3. The van der Waals surface area contributed by atoms with Gasteiger partial charge in [0.1, 0.15) is 23.0 Å². The molecule has 1 aliphatic heterocycles. The average Bonchev–Trinajstić information content (AvgIpc) is 3.12. The zero-order chi connectivity index (χ0) is 11.8.